The lowest BCUT2D eigenvalue weighted by Crippen LogP contribution is -2.11. The molecule has 0 aliphatic rings. The van der Waals surface area contributed by atoms with E-state index in [2.05, 4.69) is 229 Å². The molecule has 12 aromatic rings. The molecular formula is C58H37NO. The van der Waals surface area contributed by atoms with Crippen molar-refractivity contribution < 1.29 is 4.42 Å². The summed E-state index contributed by atoms with van der Waals surface area (Å²) in [7, 11) is 0. The minimum Gasteiger partial charge on any atom is -0.455 e. The molecule has 280 valence electrons. The molecule has 0 saturated heterocycles. The standard InChI is InChI=1S/C58H37NO/c1-2-13-38(14-3-1)39-25-27-40(28-26-39)41-29-32-46(33-30-41)59(54-23-12-24-56-57(54)52-34-31-42-15-4-9-20-49(42)58(52)60-56)55-37-45(35-43-16-6-8-19-48(43)55)53-36-44-17-5-7-18-47(44)50-21-10-11-22-51(50)53/h1-37H. The number of hydrogen-bond acceptors (Lipinski definition) is 2. The molecule has 0 amide bonds. The monoisotopic (exact) mass is 763 g/mol. The molecule has 1 heterocycles. The topological polar surface area (TPSA) is 16.4 Å². The highest BCUT2D eigenvalue weighted by molar-refractivity contribution is 6.21. The maximum Gasteiger partial charge on any atom is 0.143 e. The molecule has 0 unspecified atom stereocenters. The van der Waals surface area contributed by atoms with Gasteiger partial charge in [-0.2, -0.15) is 0 Å². The van der Waals surface area contributed by atoms with Crippen LogP contribution < -0.4 is 4.90 Å². The average Bonchev–Trinajstić information content (AvgIpc) is 3.72. The smallest absolute Gasteiger partial charge is 0.143 e. The lowest BCUT2D eigenvalue weighted by atomic mass is 9.91. The Kier molecular flexibility index (Phi) is 7.89. The summed E-state index contributed by atoms with van der Waals surface area (Å²) in [6.07, 6.45) is 0. The van der Waals surface area contributed by atoms with Crippen LogP contribution >= 0.6 is 0 Å². The van der Waals surface area contributed by atoms with E-state index in [4.69, 9.17) is 4.42 Å². The zero-order valence-electron chi connectivity index (χ0n) is 32.7. The van der Waals surface area contributed by atoms with Crippen LogP contribution in [0.2, 0.25) is 0 Å². The highest BCUT2D eigenvalue weighted by Crippen LogP contribution is 2.48. The van der Waals surface area contributed by atoms with Crippen molar-refractivity contribution in [2.45, 2.75) is 0 Å². The molecule has 0 saturated carbocycles. The Morgan fingerprint density at radius 3 is 1.60 bits per heavy atom. The zero-order chi connectivity index (χ0) is 39.6. The van der Waals surface area contributed by atoms with E-state index in [9.17, 15) is 0 Å². The van der Waals surface area contributed by atoms with Crippen LogP contribution in [-0.4, -0.2) is 0 Å². The van der Waals surface area contributed by atoms with Crippen LogP contribution in [0, 0.1) is 0 Å². The quantitative estimate of drug-likeness (QED) is 0.157. The van der Waals surface area contributed by atoms with E-state index < -0.39 is 0 Å². The van der Waals surface area contributed by atoms with Gasteiger partial charge >= 0.3 is 0 Å². The second-order valence-electron chi connectivity index (χ2n) is 15.6. The van der Waals surface area contributed by atoms with Crippen molar-refractivity contribution in [2.75, 3.05) is 4.90 Å². The molecule has 1 aromatic heterocycles. The molecule has 0 radical (unpaired) electrons. The maximum atomic E-state index is 6.79. The van der Waals surface area contributed by atoms with E-state index in [1.807, 2.05) is 0 Å². The Morgan fingerprint density at radius 1 is 0.300 bits per heavy atom. The van der Waals surface area contributed by atoms with Gasteiger partial charge in [-0.15, -0.1) is 0 Å². The Bertz CT molecular complexity index is 3580. The van der Waals surface area contributed by atoms with Gasteiger partial charge in [-0.3, -0.25) is 0 Å². The highest BCUT2D eigenvalue weighted by atomic mass is 16.3. The maximum absolute atomic E-state index is 6.79. The van der Waals surface area contributed by atoms with Crippen LogP contribution in [0.5, 0.6) is 0 Å². The van der Waals surface area contributed by atoms with Crippen molar-refractivity contribution in [2.24, 2.45) is 0 Å². The zero-order valence-corrected chi connectivity index (χ0v) is 32.7. The van der Waals surface area contributed by atoms with E-state index in [-0.39, 0.29) is 0 Å². The SMILES string of the molecule is c1ccc(-c2ccc(-c3ccc(N(c4cc(-c5cc6ccccc6c6ccccc56)cc5ccccc45)c4cccc5oc6c7ccccc7ccc6c45)cc3)cc2)cc1. The molecule has 0 spiro atoms. The van der Waals surface area contributed by atoms with Gasteiger partial charge in [0.05, 0.1) is 16.8 Å². The first-order valence-electron chi connectivity index (χ1n) is 20.6. The predicted octanol–water partition coefficient (Wildman–Crippen LogP) is 16.7. The minimum atomic E-state index is 0.861. The van der Waals surface area contributed by atoms with Gasteiger partial charge in [0.25, 0.3) is 0 Å². The van der Waals surface area contributed by atoms with Crippen LogP contribution in [0.3, 0.4) is 0 Å². The first-order valence-corrected chi connectivity index (χ1v) is 20.6. The second kappa shape index (κ2) is 13.9. The third kappa shape index (κ3) is 5.57. The molecule has 60 heavy (non-hydrogen) atoms. The third-order valence-corrected chi connectivity index (χ3v) is 12.2. The van der Waals surface area contributed by atoms with Gasteiger partial charge in [-0.1, -0.05) is 176 Å². The van der Waals surface area contributed by atoms with Crippen molar-refractivity contribution in [3.8, 4) is 33.4 Å². The molecule has 0 aliphatic heterocycles. The number of benzene rings is 11. The number of anilines is 3. The molecule has 0 aliphatic carbocycles. The van der Waals surface area contributed by atoms with Crippen molar-refractivity contribution in [1.29, 1.82) is 0 Å². The summed E-state index contributed by atoms with van der Waals surface area (Å²) in [6.45, 7) is 0. The Balaban J connectivity index is 1.10. The van der Waals surface area contributed by atoms with Crippen LogP contribution in [0.15, 0.2) is 229 Å². The van der Waals surface area contributed by atoms with Gasteiger partial charge in [0.1, 0.15) is 11.2 Å². The first kappa shape index (κ1) is 34.1. The lowest BCUT2D eigenvalue weighted by Gasteiger charge is -2.28. The van der Waals surface area contributed by atoms with Crippen molar-refractivity contribution in [3.05, 3.63) is 224 Å². The summed E-state index contributed by atoms with van der Waals surface area (Å²) in [6, 6.07) is 81.3. The van der Waals surface area contributed by atoms with Gasteiger partial charge in [0.2, 0.25) is 0 Å². The van der Waals surface area contributed by atoms with Gasteiger partial charge < -0.3 is 9.32 Å². The van der Waals surface area contributed by atoms with Crippen LogP contribution in [0.4, 0.5) is 17.1 Å². The fourth-order valence-corrected chi connectivity index (χ4v) is 9.34. The van der Waals surface area contributed by atoms with Crippen molar-refractivity contribution in [3.63, 3.8) is 0 Å². The third-order valence-electron chi connectivity index (χ3n) is 12.2. The fraction of sp³-hybridized carbons (Fsp3) is 0. The fourth-order valence-electron chi connectivity index (χ4n) is 9.34. The van der Waals surface area contributed by atoms with E-state index in [1.54, 1.807) is 0 Å². The number of nitrogens with zero attached hydrogens (tertiary/aromatic N) is 1. The van der Waals surface area contributed by atoms with Crippen LogP contribution in [-0.2, 0) is 0 Å². The number of rotatable bonds is 6. The summed E-state index contributed by atoms with van der Waals surface area (Å²) in [5.74, 6) is 0. The molecular weight excluding hydrogens is 727 g/mol. The Labute approximate surface area is 347 Å². The summed E-state index contributed by atoms with van der Waals surface area (Å²) in [4.78, 5) is 2.45. The van der Waals surface area contributed by atoms with Gasteiger partial charge in [-0.25, -0.2) is 0 Å². The summed E-state index contributed by atoms with van der Waals surface area (Å²) in [5, 5.41) is 11.8. The first-order chi connectivity index (χ1) is 29.7. The normalized spacial score (nSPS) is 11.7. The van der Waals surface area contributed by atoms with E-state index >= 15 is 0 Å². The predicted molar refractivity (Wildman–Crippen MR) is 255 cm³/mol. The molecule has 0 N–H and O–H groups in total. The van der Waals surface area contributed by atoms with E-state index in [1.165, 1.54) is 60.1 Å². The van der Waals surface area contributed by atoms with Crippen molar-refractivity contribution in [1.82, 2.24) is 0 Å². The van der Waals surface area contributed by atoms with E-state index in [0.29, 0.717) is 0 Å². The number of hydrogen-bond donors (Lipinski definition) is 0. The minimum absolute atomic E-state index is 0.861. The number of fused-ring (bicyclic) bond motifs is 9. The molecule has 0 bridgehead atoms. The van der Waals surface area contributed by atoms with Gasteiger partial charge in [0, 0.05) is 21.8 Å². The highest BCUT2D eigenvalue weighted by Gasteiger charge is 2.23. The molecule has 0 fully saturated rings. The van der Waals surface area contributed by atoms with Gasteiger partial charge in [0.15, 0.2) is 0 Å². The summed E-state index contributed by atoms with van der Waals surface area (Å²) >= 11 is 0. The second-order valence-corrected chi connectivity index (χ2v) is 15.6. The summed E-state index contributed by atoms with van der Waals surface area (Å²) in [5.41, 5.74) is 12.1. The Morgan fingerprint density at radius 2 is 0.867 bits per heavy atom. The molecule has 2 nitrogen and oxygen atoms in total. The molecule has 12 rings (SSSR count). The van der Waals surface area contributed by atoms with Crippen LogP contribution in [0.25, 0.3) is 98.4 Å². The Hall–Kier alpha value is -7.94. The molecule has 0 atom stereocenters. The average molecular weight is 764 g/mol. The largest absolute Gasteiger partial charge is 0.455 e. The lowest BCUT2D eigenvalue weighted by molar-refractivity contribution is 0.672. The molecule has 2 heteroatoms. The number of furan rings is 1. The molecule has 11 aromatic carbocycles. The van der Waals surface area contributed by atoms with Crippen molar-refractivity contribution >= 4 is 82.1 Å². The summed E-state index contributed by atoms with van der Waals surface area (Å²) < 4.78 is 6.79. The van der Waals surface area contributed by atoms with Crippen LogP contribution in [0.1, 0.15) is 0 Å². The van der Waals surface area contributed by atoms with E-state index in [0.717, 1.165) is 55.3 Å². The van der Waals surface area contributed by atoms with Gasteiger partial charge in [-0.05, 0) is 114 Å².